The Morgan fingerprint density at radius 3 is 2.25 bits per heavy atom. The Morgan fingerprint density at radius 1 is 0.792 bits per heavy atom. The van der Waals surface area contributed by atoms with E-state index in [2.05, 4.69) is 0 Å². The van der Waals surface area contributed by atoms with Crippen LogP contribution in [0.15, 0.2) is 63.8 Å². The van der Waals surface area contributed by atoms with Crippen LogP contribution in [-0.4, -0.2) is 0 Å². The summed E-state index contributed by atoms with van der Waals surface area (Å²) in [7, 11) is 0. The molecule has 5 heteroatoms. The Bertz CT molecular complexity index is 1100. The van der Waals surface area contributed by atoms with Crippen LogP contribution in [0.5, 0.6) is 17.2 Å². The topological polar surface area (TPSA) is 99.4 Å². The second-order valence-corrected chi connectivity index (χ2v) is 5.43. The molecule has 118 valence electrons. The van der Waals surface area contributed by atoms with Crippen molar-refractivity contribution in [2.24, 2.45) is 0 Å². The molecule has 0 spiro atoms. The third-order valence-corrected chi connectivity index (χ3v) is 3.91. The van der Waals surface area contributed by atoms with Gasteiger partial charge in [-0.2, -0.15) is 0 Å². The van der Waals surface area contributed by atoms with Crippen molar-refractivity contribution in [1.82, 2.24) is 0 Å². The minimum Gasteiger partial charge on any atom is -0.873 e. The first kappa shape index (κ1) is 14.1. The van der Waals surface area contributed by atoms with Gasteiger partial charge in [-0.15, -0.1) is 11.5 Å². The van der Waals surface area contributed by atoms with Crippen LogP contribution in [0.2, 0.25) is 0 Å². The van der Waals surface area contributed by atoms with Gasteiger partial charge in [0.1, 0.15) is 11.3 Å². The highest BCUT2D eigenvalue weighted by Gasteiger charge is 2.17. The minimum atomic E-state index is -0.688. The van der Waals surface area contributed by atoms with Crippen molar-refractivity contribution < 1.29 is 19.7 Å². The van der Waals surface area contributed by atoms with Gasteiger partial charge in [0.15, 0.2) is 5.43 Å². The van der Waals surface area contributed by atoms with Gasteiger partial charge in [-0.1, -0.05) is 48.2 Å². The molecule has 5 nitrogen and oxygen atoms in total. The number of hydrogen-bond acceptors (Lipinski definition) is 5. The largest absolute Gasteiger partial charge is 0.873 e. The summed E-state index contributed by atoms with van der Waals surface area (Å²) in [6, 6.07) is 13.7. The number of rotatable bonds is 1. The predicted molar refractivity (Wildman–Crippen MR) is 82.9 cm³/mol. The summed E-state index contributed by atoms with van der Waals surface area (Å²) in [5, 5.41) is 35.7. The van der Waals surface area contributed by atoms with E-state index in [1.54, 1.807) is 0 Å². The van der Waals surface area contributed by atoms with E-state index >= 15 is 0 Å². The number of fused-ring (bicyclic) bond motifs is 2. The Balaban J connectivity index is 2.25. The number of benzene rings is 3. The van der Waals surface area contributed by atoms with Crippen molar-refractivity contribution in [3.05, 3.63) is 64.8 Å². The van der Waals surface area contributed by atoms with E-state index in [9.17, 15) is 20.1 Å². The summed E-state index contributed by atoms with van der Waals surface area (Å²) in [4.78, 5) is 11.7. The van der Waals surface area contributed by atoms with Gasteiger partial charge in [-0.05, 0) is 11.6 Å². The summed E-state index contributed by atoms with van der Waals surface area (Å²) in [5.41, 5.74) is 1.27. The average Bonchev–Trinajstić information content (AvgIpc) is 2.57. The fourth-order valence-electron chi connectivity index (χ4n) is 2.82. The molecule has 1 aliphatic carbocycles. The van der Waals surface area contributed by atoms with Crippen LogP contribution in [0.3, 0.4) is 0 Å². The van der Waals surface area contributed by atoms with Crippen LogP contribution >= 0.6 is 0 Å². The first-order valence-corrected chi connectivity index (χ1v) is 7.19. The zero-order valence-electron chi connectivity index (χ0n) is 12.2. The molecule has 1 aliphatic heterocycles. The van der Waals surface area contributed by atoms with E-state index in [1.807, 2.05) is 30.3 Å². The molecular weight excluding hydrogens is 308 g/mol. The average molecular weight is 317 g/mol. The Hall–Kier alpha value is -3.47. The molecule has 0 N–H and O–H groups in total. The van der Waals surface area contributed by atoms with Gasteiger partial charge in [0, 0.05) is 22.6 Å². The second-order valence-electron chi connectivity index (χ2n) is 5.43. The number of hydrogen-bond donors (Lipinski definition) is 0. The molecule has 0 atom stereocenters. The molecule has 0 saturated heterocycles. The smallest absolute Gasteiger partial charge is 0.174 e. The van der Waals surface area contributed by atoms with E-state index < -0.39 is 22.7 Å². The van der Waals surface area contributed by atoms with Crippen molar-refractivity contribution in [3.8, 4) is 39.7 Å². The zero-order chi connectivity index (χ0) is 16.8. The van der Waals surface area contributed by atoms with Crippen molar-refractivity contribution in [2.45, 2.75) is 0 Å². The van der Waals surface area contributed by atoms with Gasteiger partial charge >= 0.3 is 0 Å². The SMILES string of the molecule is O=c1cc2oc3cc([O-])c([O-])cc3c(-c3ccccc3)c-2cc1[O-]. The first-order chi connectivity index (χ1) is 11.5. The molecule has 1 heterocycles. The fourth-order valence-corrected chi connectivity index (χ4v) is 2.82. The van der Waals surface area contributed by atoms with Gasteiger partial charge in [-0.25, -0.2) is 0 Å². The summed E-state index contributed by atoms with van der Waals surface area (Å²) >= 11 is 0. The maximum atomic E-state index is 11.8. The van der Waals surface area contributed by atoms with Crippen LogP contribution in [0.4, 0.5) is 0 Å². The molecule has 0 amide bonds. The van der Waals surface area contributed by atoms with Crippen LogP contribution < -0.4 is 20.7 Å². The van der Waals surface area contributed by atoms with E-state index in [0.29, 0.717) is 16.5 Å². The molecule has 2 aromatic rings. The van der Waals surface area contributed by atoms with Crippen molar-refractivity contribution >= 4 is 11.0 Å². The van der Waals surface area contributed by atoms with Crippen molar-refractivity contribution in [2.75, 3.05) is 0 Å². The van der Waals surface area contributed by atoms with E-state index in [1.165, 1.54) is 12.1 Å². The molecule has 2 aliphatic rings. The maximum absolute atomic E-state index is 11.8. The molecule has 0 saturated carbocycles. The highest BCUT2D eigenvalue weighted by Crippen LogP contribution is 2.42. The van der Waals surface area contributed by atoms with Gasteiger partial charge in [0.2, 0.25) is 0 Å². The molecule has 2 aromatic carbocycles. The zero-order valence-corrected chi connectivity index (χ0v) is 12.2. The first-order valence-electron chi connectivity index (χ1n) is 7.19. The maximum Gasteiger partial charge on any atom is 0.174 e. The standard InChI is InChI=1S/C19H12O5/c20-13-6-11-17(8-15(13)22)24-18-9-16(23)14(21)7-12(18)19(11)10-4-2-1-3-5-10/h1-9,20-22H/p-3. The summed E-state index contributed by atoms with van der Waals surface area (Å²) < 4.78 is 5.60. The lowest BCUT2D eigenvalue weighted by atomic mass is 9.93. The lowest BCUT2D eigenvalue weighted by Gasteiger charge is -2.22. The minimum absolute atomic E-state index is 0.198. The molecule has 0 aromatic heterocycles. The van der Waals surface area contributed by atoms with Crippen LogP contribution in [0, 0.1) is 0 Å². The summed E-state index contributed by atoms with van der Waals surface area (Å²) in [6.07, 6.45) is 0. The third-order valence-electron chi connectivity index (χ3n) is 3.91. The quantitative estimate of drug-likeness (QED) is 0.498. The van der Waals surface area contributed by atoms with E-state index in [4.69, 9.17) is 4.42 Å². The summed E-state index contributed by atoms with van der Waals surface area (Å²) in [5.74, 6) is -1.80. The normalized spacial score (nSPS) is 11.2. The van der Waals surface area contributed by atoms with Crippen molar-refractivity contribution in [3.63, 3.8) is 0 Å². The van der Waals surface area contributed by atoms with Crippen LogP contribution in [0.1, 0.15) is 0 Å². The fraction of sp³-hybridized carbons (Fsp3) is 0. The highest BCUT2D eigenvalue weighted by atomic mass is 16.3. The van der Waals surface area contributed by atoms with Gasteiger partial charge < -0.3 is 19.7 Å². The Kier molecular flexibility index (Phi) is 2.96. The monoisotopic (exact) mass is 317 g/mol. The molecule has 4 rings (SSSR count). The van der Waals surface area contributed by atoms with E-state index in [0.717, 1.165) is 17.7 Å². The molecule has 0 radical (unpaired) electrons. The van der Waals surface area contributed by atoms with E-state index in [-0.39, 0.29) is 11.3 Å². The highest BCUT2D eigenvalue weighted by molar-refractivity contribution is 6.02. The van der Waals surface area contributed by atoms with Gasteiger partial charge in [0.25, 0.3) is 0 Å². The Morgan fingerprint density at radius 2 is 1.50 bits per heavy atom. The van der Waals surface area contributed by atoms with Crippen LogP contribution in [0.25, 0.3) is 33.4 Å². The Labute approximate surface area is 136 Å². The molecule has 0 bridgehead atoms. The van der Waals surface area contributed by atoms with Gasteiger partial charge in [-0.3, -0.25) is 4.79 Å². The molecule has 24 heavy (non-hydrogen) atoms. The third kappa shape index (κ3) is 2.06. The summed E-state index contributed by atoms with van der Waals surface area (Å²) in [6.45, 7) is 0. The molecular formula is C19H9O5-3. The molecule has 0 fully saturated rings. The molecule has 0 unspecified atom stereocenters. The van der Waals surface area contributed by atoms with Crippen LogP contribution in [-0.2, 0) is 0 Å². The second kappa shape index (κ2) is 5.03. The predicted octanol–water partition coefficient (Wildman–Crippen LogP) is 1.79. The lowest BCUT2D eigenvalue weighted by molar-refractivity contribution is -0.317. The lowest BCUT2D eigenvalue weighted by Crippen LogP contribution is -2.09. The van der Waals surface area contributed by atoms with Gasteiger partial charge in [0.05, 0.1) is 0 Å². The van der Waals surface area contributed by atoms with Crippen molar-refractivity contribution in [1.29, 1.82) is 0 Å².